The molecule has 0 saturated carbocycles. The van der Waals surface area contributed by atoms with E-state index in [0.29, 0.717) is 0 Å². The molecule has 36 valence electrons. The van der Waals surface area contributed by atoms with Gasteiger partial charge in [-0.1, -0.05) is 12.1 Å². The van der Waals surface area contributed by atoms with Crippen molar-refractivity contribution in [2.75, 3.05) is 0 Å². The van der Waals surface area contributed by atoms with Crippen LogP contribution in [0.1, 0.15) is 0 Å². The summed E-state index contributed by atoms with van der Waals surface area (Å²) in [5.41, 5.74) is 0. The van der Waals surface area contributed by atoms with Crippen molar-refractivity contribution in [2.45, 2.75) is 4.90 Å². The summed E-state index contributed by atoms with van der Waals surface area (Å²) in [5.74, 6) is 0. The fourth-order valence-corrected chi connectivity index (χ4v) is 0.460. The largest absolute Gasteiger partial charge is 0.780 e. The van der Waals surface area contributed by atoms with E-state index in [1.165, 1.54) is 0 Å². The highest BCUT2D eigenvalue weighted by atomic mass is 32.1. The van der Waals surface area contributed by atoms with Crippen LogP contribution in [0.2, 0.25) is 0 Å². The molecule has 1 aromatic rings. The normalized spacial score (nSPS) is 8.57. The van der Waals surface area contributed by atoms with Crippen LogP contribution in [0, 0.1) is 0 Å². The van der Waals surface area contributed by atoms with E-state index in [-0.39, 0.29) is 0 Å². The number of nitrogens with zero attached hydrogens (tertiary/aromatic N) is 1. The van der Waals surface area contributed by atoms with Crippen LogP contribution in [0.15, 0.2) is 29.4 Å². The Balaban J connectivity index is 3.02. The molecule has 1 rings (SSSR count). The van der Waals surface area contributed by atoms with Crippen molar-refractivity contribution in [1.29, 1.82) is 0 Å². The van der Waals surface area contributed by atoms with E-state index >= 15 is 0 Å². The third-order valence-corrected chi connectivity index (χ3v) is 0.922. The maximum absolute atomic E-state index is 4.77. The lowest BCUT2D eigenvalue weighted by Gasteiger charge is -1.98. The molecule has 0 bridgehead atoms. The van der Waals surface area contributed by atoms with Crippen LogP contribution in [-0.4, -0.2) is 4.98 Å². The highest BCUT2D eigenvalue weighted by Crippen LogP contribution is 1.89. The number of aromatic nitrogens is 1. The standard InChI is InChI=1S/C5H5NS/c7-5-1-3-6-4-2-5/h1-4H,(H,6,7)/p-1. The van der Waals surface area contributed by atoms with Gasteiger partial charge in [-0.25, -0.2) is 0 Å². The van der Waals surface area contributed by atoms with E-state index in [1.54, 1.807) is 24.5 Å². The molecule has 1 heterocycles. The Morgan fingerprint density at radius 2 is 1.86 bits per heavy atom. The Labute approximate surface area is 47.8 Å². The van der Waals surface area contributed by atoms with E-state index in [4.69, 9.17) is 12.6 Å². The summed E-state index contributed by atoms with van der Waals surface area (Å²) in [6.07, 6.45) is 3.37. The van der Waals surface area contributed by atoms with Gasteiger partial charge in [0, 0.05) is 12.4 Å². The molecule has 0 spiro atoms. The van der Waals surface area contributed by atoms with E-state index < -0.39 is 0 Å². The highest BCUT2D eigenvalue weighted by molar-refractivity contribution is 7.58. The van der Waals surface area contributed by atoms with Gasteiger partial charge in [-0.2, -0.15) is 4.90 Å². The zero-order valence-corrected chi connectivity index (χ0v) is 4.48. The minimum absolute atomic E-state index is 0.843. The fraction of sp³-hybridized carbons (Fsp3) is 0. The number of hydrogen-bond acceptors (Lipinski definition) is 2. The number of hydrogen-bond donors (Lipinski definition) is 0. The fourth-order valence-electron chi connectivity index (χ4n) is 0.338. The van der Waals surface area contributed by atoms with Crippen LogP contribution in [0.5, 0.6) is 0 Å². The smallest absolute Gasteiger partial charge is 0.0252 e. The lowest BCUT2D eigenvalue weighted by molar-refractivity contribution is 1.27. The van der Waals surface area contributed by atoms with Crippen molar-refractivity contribution in [3.8, 4) is 0 Å². The SMILES string of the molecule is [S-]c1ccncc1. The monoisotopic (exact) mass is 110 g/mol. The molecule has 0 amide bonds. The summed E-state index contributed by atoms with van der Waals surface area (Å²) in [7, 11) is 0. The molecule has 0 unspecified atom stereocenters. The molecule has 1 aromatic heterocycles. The van der Waals surface area contributed by atoms with Crippen LogP contribution in [0.3, 0.4) is 0 Å². The van der Waals surface area contributed by atoms with E-state index in [2.05, 4.69) is 4.98 Å². The molecule has 2 heteroatoms. The first-order chi connectivity index (χ1) is 3.39. The van der Waals surface area contributed by atoms with Gasteiger partial charge in [-0.05, 0) is 0 Å². The summed E-state index contributed by atoms with van der Waals surface area (Å²) in [6, 6.07) is 3.57. The van der Waals surface area contributed by atoms with Crippen LogP contribution in [-0.2, 0) is 12.6 Å². The average Bonchev–Trinajstić information content (AvgIpc) is 1.69. The molecular formula is C5H4NS-. The summed E-state index contributed by atoms with van der Waals surface area (Å²) < 4.78 is 0. The Kier molecular flexibility index (Phi) is 1.22. The van der Waals surface area contributed by atoms with Crippen molar-refractivity contribution >= 4 is 12.6 Å². The van der Waals surface area contributed by atoms with Gasteiger partial charge in [0.2, 0.25) is 0 Å². The Bertz CT molecular complexity index is 138. The first-order valence-corrected chi connectivity index (χ1v) is 2.37. The molecule has 1 nitrogen and oxygen atoms in total. The van der Waals surface area contributed by atoms with Gasteiger partial charge in [0.1, 0.15) is 0 Å². The third kappa shape index (κ3) is 1.12. The quantitative estimate of drug-likeness (QED) is 0.462. The minimum atomic E-state index is 0.843. The lowest BCUT2D eigenvalue weighted by atomic mass is 10.5. The minimum Gasteiger partial charge on any atom is -0.780 e. The van der Waals surface area contributed by atoms with Gasteiger partial charge in [0.25, 0.3) is 0 Å². The van der Waals surface area contributed by atoms with Gasteiger partial charge >= 0.3 is 0 Å². The highest BCUT2D eigenvalue weighted by Gasteiger charge is 1.64. The second-order valence-electron chi connectivity index (χ2n) is 1.18. The second-order valence-corrected chi connectivity index (χ2v) is 1.65. The van der Waals surface area contributed by atoms with Crippen LogP contribution < -0.4 is 0 Å². The van der Waals surface area contributed by atoms with Crippen molar-refractivity contribution in [3.63, 3.8) is 0 Å². The van der Waals surface area contributed by atoms with Gasteiger partial charge < -0.3 is 12.6 Å². The second kappa shape index (κ2) is 1.89. The first kappa shape index (κ1) is 4.53. The zero-order chi connectivity index (χ0) is 5.11. The van der Waals surface area contributed by atoms with Gasteiger partial charge in [-0.15, -0.1) is 0 Å². The van der Waals surface area contributed by atoms with Gasteiger partial charge in [-0.3, -0.25) is 4.98 Å². The molecule has 0 atom stereocenters. The van der Waals surface area contributed by atoms with Gasteiger partial charge in [0.15, 0.2) is 0 Å². The first-order valence-electron chi connectivity index (χ1n) is 1.96. The van der Waals surface area contributed by atoms with Crippen LogP contribution in [0.4, 0.5) is 0 Å². The molecule has 0 aliphatic carbocycles. The molecule has 0 fully saturated rings. The molecule has 0 saturated heterocycles. The van der Waals surface area contributed by atoms with E-state index in [1.807, 2.05) is 0 Å². The number of pyridine rings is 1. The van der Waals surface area contributed by atoms with Crippen molar-refractivity contribution < 1.29 is 0 Å². The van der Waals surface area contributed by atoms with Crippen LogP contribution >= 0.6 is 0 Å². The molecule has 0 aliphatic rings. The van der Waals surface area contributed by atoms with E-state index in [9.17, 15) is 0 Å². The number of rotatable bonds is 0. The molecule has 7 heavy (non-hydrogen) atoms. The average molecular weight is 110 g/mol. The van der Waals surface area contributed by atoms with Crippen molar-refractivity contribution in [3.05, 3.63) is 24.5 Å². The zero-order valence-electron chi connectivity index (χ0n) is 3.66. The lowest BCUT2D eigenvalue weighted by Crippen LogP contribution is -1.68. The topological polar surface area (TPSA) is 12.9 Å². The predicted molar refractivity (Wildman–Crippen MR) is 29.9 cm³/mol. The summed E-state index contributed by atoms with van der Waals surface area (Å²) in [5, 5.41) is 0. The maximum atomic E-state index is 4.77. The molecule has 0 aliphatic heterocycles. The third-order valence-electron chi connectivity index (χ3n) is 0.650. The van der Waals surface area contributed by atoms with E-state index in [0.717, 1.165) is 4.90 Å². The van der Waals surface area contributed by atoms with Crippen molar-refractivity contribution in [1.82, 2.24) is 4.98 Å². The van der Waals surface area contributed by atoms with Crippen LogP contribution in [0.25, 0.3) is 0 Å². The Morgan fingerprint density at radius 1 is 1.29 bits per heavy atom. The summed E-state index contributed by atoms with van der Waals surface area (Å²) in [6.45, 7) is 0. The summed E-state index contributed by atoms with van der Waals surface area (Å²) in [4.78, 5) is 4.62. The Hall–Kier alpha value is -0.630. The predicted octanol–water partition coefficient (Wildman–Crippen LogP) is 0.987. The Morgan fingerprint density at radius 3 is 2.14 bits per heavy atom. The molecule has 0 radical (unpaired) electrons. The summed E-state index contributed by atoms with van der Waals surface area (Å²) >= 11 is 4.77. The van der Waals surface area contributed by atoms with Crippen molar-refractivity contribution in [2.24, 2.45) is 0 Å². The molecule has 0 aromatic carbocycles. The van der Waals surface area contributed by atoms with Gasteiger partial charge in [0.05, 0.1) is 0 Å². The molecular weight excluding hydrogens is 106 g/mol. The maximum Gasteiger partial charge on any atom is 0.0252 e. The molecule has 0 N–H and O–H groups in total.